The maximum atomic E-state index is 12.3. The number of hydrogen-bond acceptors (Lipinski definition) is 6. The predicted octanol–water partition coefficient (Wildman–Crippen LogP) is 1.62. The standard InChI is InChI=1S/C17H20N6O3/c1-11(16-22-18-10-23(16)2)19-17(24)13-8-12(20-21-13)9-26-15-7-5-4-6-14(15)25-3/h4-8,10-11H,9H2,1-3H3,(H,19,24)(H,20,21)/t11-/m0/s1. The molecule has 9 nitrogen and oxygen atoms in total. The van der Waals surface area contributed by atoms with Crippen LogP contribution in [-0.2, 0) is 13.7 Å². The highest BCUT2D eigenvalue weighted by Gasteiger charge is 2.17. The molecule has 0 saturated carbocycles. The fraction of sp³-hybridized carbons (Fsp3) is 0.294. The second kappa shape index (κ2) is 7.68. The number of nitrogens with one attached hydrogen (secondary N) is 2. The van der Waals surface area contributed by atoms with Crippen molar-refractivity contribution in [3.05, 3.63) is 53.9 Å². The first-order chi connectivity index (χ1) is 12.6. The highest BCUT2D eigenvalue weighted by atomic mass is 16.5. The summed E-state index contributed by atoms with van der Waals surface area (Å²) in [6.45, 7) is 2.07. The Balaban J connectivity index is 1.60. The molecule has 0 saturated heterocycles. The molecule has 2 heterocycles. The van der Waals surface area contributed by atoms with Gasteiger partial charge in [-0.3, -0.25) is 9.89 Å². The maximum Gasteiger partial charge on any atom is 0.272 e. The Morgan fingerprint density at radius 3 is 2.81 bits per heavy atom. The smallest absolute Gasteiger partial charge is 0.272 e. The third-order valence-corrected chi connectivity index (χ3v) is 3.80. The molecule has 1 atom stereocenters. The maximum absolute atomic E-state index is 12.3. The van der Waals surface area contributed by atoms with Crippen molar-refractivity contribution >= 4 is 5.91 Å². The topological polar surface area (TPSA) is 107 Å². The number of aromatic amines is 1. The summed E-state index contributed by atoms with van der Waals surface area (Å²) in [5.74, 6) is 1.61. The third kappa shape index (κ3) is 3.82. The van der Waals surface area contributed by atoms with E-state index in [9.17, 15) is 4.79 Å². The molecule has 2 N–H and O–H groups in total. The quantitative estimate of drug-likeness (QED) is 0.666. The molecule has 0 radical (unpaired) electrons. The number of ether oxygens (including phenoxy) is 2. The first kappa shape index (κ1) is 17.5. The van der Waals surface area contributed by atoms with E-state index in [0.717, 1.165) is 0 Å². The molecule has 2 aromatic heterocycles. The van der Waals surface area contributed by atoms with E-state index in [2.05, 4.69) is 25.7 Å². The van der Waals surface area contributed by atoms with Gasteiger partial charge in [0, 0.05) is 7.05 Å². The number of methoxy groups -OCH3 is 1. The van der Waals surface area contributed by atoms with Gasteiger partial charge in [-0.15, -0.1) is 10.2 Å². The molecule has 136 valence electrons. The lowest BCUT2D eigenvalue weighted by Gasteiger charge is -2.11. The van der Waals surface area contributed by atoms with E-state index in [1.165, 1.54) is 0 Å². The van der Waals surface area contributed by atoms with Gasteiger partial charge in [-0.1, -0.05) is 12.1 Å². The van der Waals surface area contributed by atoms with E-state index >= 15 is 0 Å². The number of amides is 1. The van der Waals surface area contributed by atoms with Gasteiger partial charge in [0.1, 0.15) is 18.6 Å². The molecule has 0 fully saturated rings. The van der Waals surface area contributed by atoms with Crippen LogP contribution in [0.4, 0.5) is 0 Å². The van der Waals surface area contributed by atoms with E-state index in [-0.39, 0.29) is 24.2 Å². The lowest BCUT2D eigenvalue weighted by Crippen LogP contribution is -2.28. The van der Waals surface area contributed by atoms with Crippen LogP contribution in [0.5, 0.6) is 11.5 Å². The van der Waals surface area contributed by atoms with Crippen molar-refractivity contribution in [3.63, 3.8) is 0 Å². The Bertz CT molecular complexity index is 888. The summed E-state index contributed by atoms with van der Waals surface area (Å²) in [5.41, 5.74) is 0.949. The monoisotopic (exact) mass is 356 g/mol. The summed E-state index contributed by atoms with van der Waals surface area (Å²) in [7, 11) is 3.40. The number of aryl methyl sites for hydroxylation is 1. The minimum atomic E-state index is -0.305. The number of rotatable bonds is 7. The van der Waals surface area contributed by atoms with Crippen molar-refractivity contribution < 1.29 is 14.3 Å². The zero-order chi connectivity index (χ0) is 18.5. The molecule has 0 spiro atoms. The van der Waals surface area contributed by atoms with Crippen LogP contribution in [0, 0.1) is 0 Å². The Kier molecular flexibility index (Phi) is 5.16. The highest BCUT2D eigenvalue weighted by molar-refractivity contribution is 5.92. The van der Waals surface area contributed by atoms with Crippen molar-refractivity contribution in [1.29, 1.82) is 0 Å². The zero-order valence-electron chi connectivity index (χ0n) is 14.8. The first-order valence-electron chi connectivity index (χ1n) is 8.03. The van der Waals surface area contributed by atoms with Crippen LogP contribution in [-0.4, -0.2) is 38.0 Å². The Morgan fingerprint density at radius 1 is 1.35 bits per heavy atom. The summed E-state index contributed by atoms with van der Waals surface area (Å²) >= 11 is 0. The average Bonchev–Trinajstić information content (AvgIpc) is 3.29. The van der Waals surface area contributed by atoms with E-state index < -0.39 is 0 Å². The van der Waals surface area contributed by atoms with E-state index in [0.29, 0.717) is 23.0 Å². The van der Waals surface area contributed by atoms with Crippen LogP contribution >= 0.6 is 0 Å². The molecule has 0 aliphatic rings. The van der Waals surface area contributed by atoms with Crippen molar-refractivity contribution in [2.75, 3.05) is 7.11 Å². The highest BCUT2D eigenvalue weighted by Crippen LogP contribution is 2.26. The van der Waals surface area contributed by atoms with E-state index in [4.69, 9.17) is 9.47 Å². The fourth-order valence-electron chi connectivity index (χ4n) is 2.46. The summed E-state index contributed by atoms with van der Waals surface area (Å²) < 4.78 is 12.7. The van der Waals surface area contributed by atoms with E-state index in [1.807, 2.05) is 38.2 Å². The molecule has 3 aromatic rings. The summed E-state index contributed by atoms with van der Waals surface area (Å²) in [4.78, 5) is 12.3. The van der Waals surface area contributed by atoms with Gasteiger partial charge < -0.3 is 19.4 Å². The number of nitrogens with zero attached hydrogens (tertiary/aromatic N) is 4. The molecule has 1 amide bonds. The second-order valence-corrected chi connectivity index (χ2v) is 5.71. The molecule has 0 unspecified atom stereocenters. The van der Waals surface area contributed by atoms with Gasteiger partial charge in [-0.2, -0.15) is 5.10 Å². The van der Waals surface area contributed by atoms with Gasteiger partial charge in [-0.05, 0) is 25.1 Å². The summed E-state index contributed by atoms with van der Waals surface area (Å²) in [6, 6.07) is 8.70. The van der Waals surface area contributed by atoms with Crippen molar-refractivity contribution in [2.24, 2.45) is 7.05 Å². The third-order valence-electron chi connectivity index (χ3n) is 3.80. The van der Waals surface area contributed by atoms with E-state index in [1.54, 1.807) is 24.1 Å². The lowest BCUT2D eigenvalue weighted by molar-refractivity contribution is 0.0932. The fourth-order valence-corrected chi connectivity index (χ4v) is 2.46. The molecule has 26 heavy (non-hydrogen) atoms. The molecular formula is C17H20N6O3. The van der Waals surface area contributed by atoms with Gasteiger partial charge in [0.25, 0.3) is 5.91 Å². The molecule has 1 aromatic carbocycles. The number of para-hydroxylation sites is 2. The van der Waals surface area contributed by atoms with Gasteiger partial charge in [0.2, 0.25) is 0 Å². The van der Waals surface area contributed by atoms with Crippen LogP contribution in [0.1, 0.15) is 35.0 Å². The normalized spacial score (nSPS) is 11.8. The van der Waals surface area contributed by atoms with Crippen LogP contribution < -0.4 is 14.8 Å². The molecule has 9 heteroatoms. The molecule has 3 rings (SSSR count). The van der Waals surface area contributed by atoms with Crippen LogP contribution in [0.25, 0.3) is 0 Å². The van der Waals surface area contributed by atoms with Crippen molar-refractivity contribution in [3.8, 4) is 11.5 Å². The predicted molar refractivity (Wildman–Crippen MR) is 92.8 cm³/mol. The van der Waals surface area contributed by atoms with Gasteiger partial charge in [0.05, 0.1) is 18.8 Å². The SMILES string of the molecule is COc1ccccc1OCc1cc(C(=O)N[C@@H](C)c2nncn2C)n[nH]1. The zero-order valence-corrected chi connectivity index (χ0v) is 14.8. The lowest BCUT2D eigenvalue weighted by atomic mass is 10.3. The number of carbonyl (C=O) groups excluding carboxylic acids is 1. The molecule has 0 aliphatic carbocycles. The second-order valence-electron chi connectivity index (χ2n) is 5.71. The number of hydrogen-bond donors (Lipinski definition) is 2. The Labute approximate surface area is 150 Å². The minimum Gasteiger partial charge on any atom is -0.493 e. The Morgan fingerprint density at radius 2 is 2.12 bits per heavy atom. The van der Waals surface area contributed by atoms with Crippen LogP contribution in [0.3, 0.4) is 0 Å². The minimum absolute atomic E-state index is 0.236. The number of carbonyl (C=O) groups is 1. The van der Waals surface area contributed by atoms with Gasteiger partial charge >= 0.3 is 0 Å². The molecular weight excluding hydrogens is 336 g/mol. The van der Waals surface area contributed by atoms with Crippen LogP contribution in [0.2, 0.25) is 0 Å². The number of aromatic nitrogens is 5. The number of benzene rings is 1. The van der Waals surface area contributed by atoms with Gasteiger partial charge in [0.15, 0.2) is 17.3 Å². The van der Waals surface area contributed by atoms with Gasteiger partial charge in [-0.25, -0.2) is 0 Å². The molecule has 0 aliphatic heterocycles. The first-order valence-corrected chi connectivity index (χ1v) is 8.03. The largest absolute Gasteiger partial charge is 0.493 e. The Hall–Kier alpha value is -3.36. The van der Waals surface area contributed by atoms with Crippen LogP contribution in [0.15, 0.2) is 36.7 Å². The summed E-state index contributed by atoms with van der Waals surface area (Å²) in [6.07, 6.45) is 1.58. The van der Waals surface area contributed by atoms with Crippen molar-refractivity contribution in [2.45, 2.75) is 19.6 Å². The molecule has 0 bridgehead atoms. The average molecular weight is 356 g/mol. The van der Waals surface area contributed by atoms with Crippen molar-refractivity contribution in [1.82, 2.24) is 30.3 Å². The summed E-state index contributed by atoms with van der Waals surface area (Å²) in [5, 5.41) is 17.5. The number of H-pyrrole nitrogens is 1.